The molecule has 0 amide bonds. The Morgan fingerprint density at radius 2 is 2.00 bits per heavy atom. The first-order valence-corrected chi connectivity index (χ1v) is 9.61. The molecule has 26 heavy (non-hydrogen) atoms. The summed E-state index contributed by atoms with van der Waals surface area (Å²) < 4.78 is 22.8. The first-order chi connectivity index (χ1) is 12.6. The molecule has 0 bridgehead atoms. The predicted molar refractivity (Wildman–Crippen MR) is 102 cm³/mol. The van der Waals surface area contributed by atoms with E-state index in [0.29, 0.717) is 41.3 Å². The van der Waals surface area contributed by atoms with Gasteiger partial charge in [-0.2, -0.15) is 4.98 Å². The zero-order chi connectivity index (χ0) is 18.1. The van der Waals surface area contributed by atoms with E-state index < -0.39 is 0 Å². The molecule has 2 aromatic heterocycles. The number of nitrogens with zero attached hydrogens (tertiary/aromatic N) is 3. The van der Waals surface area contributed by atoms with Crippen LogP contribution in [0, 0.1) is 5.82 Å². The van der Waals surface area contributed by atoms with Crippen LogP contribution in [-0.4, -0.2) is 27.8 Å². The fourth-order valence-electron chi connectivity index (χ4n) is 3.31. The van der Waals surface area contributed by atoms with Crippen LogP contribution in [0.25, 0.3) is 5.52 Å². The summed E-state index contributed by atoms with van der Waals surface area (Å²) >= 11 is 9.59. The SMILES string of the molecule is Fc1c(C2CCOCC2)c(Br)n2nc(Cl)nc(NCc3ccccc3)c12. The van der Waals surface area contributed by atoms with Crippen LogP contribution >= 0.6 is 27.5 Å². The molecule has 3 aromatic rings. The van der Waals surface area contributed by atoms with Crippen LogP contribution in [0.1, 0.15) is 29.9 Å². The van der Waals surface area contributed by atoms with E-state index in [1.165, 1.54) is 4.52 Å². The van der Waals surface area contributed by atoms with Crippen molar-refractivity contribution in [2.75, 3.05) is 18.5 Å². The van der Waals surface area contributed by atoms with Crippen LogP contribution in [0.15, 0.2) is 34.9 Å². The Hall–Kier alpha value is -1.70. The van der Waals surface area contributed by atoms with Crippen molar-refractivity contribution in [2.24, 2.45) is 0 Å². The van der Waals surface area contributed by atoms with Gasteiger partial charge in [-0.1, -0.05) is 30.3 Å². The van der Waals surface area contributed by atoms with E-state index in [2.05, 4.69) is 31.3 Å². The molecule has 1 aliphatic heterocycles. The van der Waals surface area contributed by atoms with Crippen molar-refractivity contribution < 1.29 is 9.13 Å². The Balaban J connectivity index is 1.75. The van der Waals surface area contributed by atoms with Gasteiger partial charge < -0.3 is 10.1 Å². The largest absolute Gasteiger partial charge is 0.381 e. The highest BCUT2D eigenvalue weighted by Gasteiger charge is 2.29. The summed E-state index contributed by atoms with van der Waals surface area (Å²) in [5.41, 5.74) is 1.99. The van der Waals surface area contributed by atoms with E-state index in [9.17, 15) is 0 Å². The summed E-state index contributed by atoms with van der Waals surface area (Å²) in [6.07, 6.45) is 1.56. The minimum Gasteiger partial charge on any atom is -0.381 e. The van der Waals surface area contributed by atoms with Crippen LogP contribution in [0.5, 0.6) is 0 Å². The minimum atomic E-state index is -0.309. The Bertz CT molecular complexity index is 928. The van der Waals surface area contributed by atoms with Crippen LogP contribution in [-0.2, 0) is 11.3 Å². The molecule has 0 spiro atoms. The molecule has 3 heterocycles. The van der Waals surface area contributed by atoms with Gasteiger partial charge in [-0.15, -0.1) is 5.10 Å². The summed E-state index contributed by atoms with van der Waals surface area (Å²) in [5.74, 6) is 0.155. The van der Waals surface area contributed by atoms with E-state index in [1.54, 1.807) is 0 Å². The molecular weight excluding hydrogens is 423 g/mol. The number of rotatable bonds is 4. The van der Waals surface area contributed by atoms with Crippen molar-refractivity contribution in [3.05, 3.63) is 57.2 Å². The zero-order valence-electron chi connectivity index (χ0n) is 13.9. The third kappa shape index (κ3) is 3.31. The fourth-order valence-corrected chi connectivity index (χ4v) is 4.22. The number of aromatic nitrogens is 3. The molecule has 8 heteroatoms. The summed E-state index contributed by atoms with van der Waals surface area (Å²) in [6, 6.07) is 9.84. The maximum absolute atomic E-state index is 15.3. The Morgan fingerprint density at radius 3 is 2.73 bits per heavy atom. The summed E-state index contributed by atoms with van der Waals surface area (Å²) in [6.45, 7) is 1.78. The number of hydrogen-bond acceptors (Lipinski definition) is 4. The second-order valence-electron chi connectivity index (χ2n) is 6.23. The highest BCUT2D eigenvalue weighted by Crippen LogP contribution is 2.39. The highest BCUT2D eigenvalue weighted by molar-refractivity contribution is 9.10. The van der Waals surface area contributed by atoms with E-state index in [4.69, 9.17) is 16.3 Å². The molecule has 0 atom stereocenters. The van der Waals surface area contributed by atoms with Gasteiger partial charge in [0.1, 0.15) is 10.1 Å². The maximum atomic E-state index is 15.3. The normalized spacial score (nSPS) is 15.5. The molecular formula is C18H17BrClFN4O. The summed E-state index contributed by atoms with van der Waals surface area (Å²) in [4.78, 5) is 4.21. The molecule has 1 aromatic carbocycles. The van der Waals surface area contributed by atoms with Crippen LogP contribution in [0.3, 0.4) is 0 Å². The first kappa shape index (κ1) is 17.7. The van der Waals surface area contributed by atoms with Crippen LogP contribution < -0.4 is 5.32 Å². The van der Waals surface area contributed by atoms with Crippen LogP contribution in [0.2, 0.25) is 5.28 Å². The molecule has 0 unspecified atom stereocenters. The number of fused-ring (bicyclic) bond motifs is 1. The third-order valence-corrected chi connectivity index (χ3v) is 5.53. The maximum Gasteiger partial charge on any atom is 0.243 e. The lowest BCUT2D eigenvalue weighted by Gasteiger charge is -2.21. The third-order valence-electron chi connectivity index (χ3n) is 4.61. The van der Waals surface area contributed by atoms with Crippen molar-refractivity contribution in [1.29, 1.82) is 0 Å². The average Bonchev–Trinajstić information content (AvgIpc) is 2.92. The zero-order valence-corrected chi connectivity index (χ0v) is 16.2. The van der Waals surface area contributed by atoms with Crippen molar-refractivity contribution in [2.45, 2.75) is 25.3 Å². The van der Waals surface area contributed by atoms with Gasteiger partial charge in [0, 0.05) is 25.3 Å². The Morgan fingerprint density at radius 1 is 1.27 bits per heavy atom. The second kappa shape index (κ2) is 7.50. The lowest BCUT2D eigenvalue weighted by atomic mass is 9.93. The van der Waals surface area contributed by atoms with Gasteiger partial charge in [0.25, 0.3) is 0 Å². The molecule has 1 N–H and O–H groups in total. The van der Waals surface area contributed by atoms with Gasteiger partial charge >= 0.3 is 0 Å². The molecule has 4 rings (SSSR count). The Kier molecular flexibility index (Phi) is 5.11. The molecule has 1 fully saturated rings. The molecule has 1 aliphatic rings. The standard InChI is InChI=1S/C18H17BrClFN4O/c19-16-13(12-6-8-26-9-7-12)14(21)15-17(23-18(20)24-25(15)16)22-10-11-4-2-1-3-5-11/h1-5,12H,6-10H2,(H,22,23,24). The molecule has 1 saturated heterocycles. The van der Waals surface area contributed by atoms with E-state index >= 15 is 4.39 Å². The number of halogens is 3. The van der Waals surface area contributed by atoms with Crippen LogP contribution in [0.4, 0.5) is 10.2 Å². The van der Waals surface area contributed by atoms with Gasteiger partial charge in [-0.05, 0) is 51.9 Å². The van der Waals surface area contributed by atoms with Crippen molar-refractivity contribution in [3.8, 4) is 0 Å². The lowest BCUT2D eigenvalue weighted by molar-refractivity contribution is 0.0845. The smallest absolute Gasteiger partial charge is 0.243 e. The average molecular weight is 440 g/mol. The van der Waals surface area contributed by atoms with Gasteiger partial charge in [0.2, 0.25) is 5.28 Å². The van der Waals surface area contributed by atoms with Crippen molar-refractivity contribution in [1.82, 2.24) is 14.6 Å². The number of benzene rings is 1. The lowest BCUT2D eigenvalue weighted by Crippen LogP contribution is -2.14. The van der Waals surface area contributed by atoms with Gasteiger partial charge in [0.05, 0.1) is 0 Å². The fraction of sp³-hybridized carbons (Fsp3) is 0.333. The van der Waals surface area contributed by atoms with Gasteiger partial charge in [-0.3, -0.25) is 0 Å². The quantitative estimate of drug-likeness (QED) is 0.635. The van der Waals surface area contributed by atoms with E-state index in [1.807, 2.05) is 30.3 Å². The number of anilines is 1. The second-order valence-corrected chi connectivity index (χ2v) is 7.32. The van der Waals surface area contributed by atoms with Gasteiger partial charge in [-0.25, -0.2) is 8.91 Å². The molecule has 0 aliphatic carbocycles. The summed E-state index contributed by atoms with van der Waals surface area (Å²) in [5, 5.41) is 7.42. The molecule has 5 nitrogen and oxygen atoms in total. The molecule has 0 saturated carbocycles. The number of ether oxygens (including phenoxy) is 1. The molecule has 0 radical (unpaired) electrons. The monoisotopic (exact) mass is 438 g/mol. The van der Waals surface area contributed by atoms with Crippen molar-refractivity contribution >= 4 is 38.9 Å². The van der Waals surface area contributed by atoms with Crippen molar-refractivity contribution in [3.63, 3.8) is 0 Å². The Labute approximate surface area is 163 Å². The highest BCUT2D eigenvalue weighted by atomic mass is 79.9. The number of hydrogen-bond donors (Lipinski definition) is 1. The first-order valence-electron chi connectivity index (χ1n) is 8.44. The minimum absolute atomic E-state index is 0.0577. The summed E-state index contributed by atoms with van der Waals surface area (Å²) in [7, 11) is 0. The molecule has 136 valence electrons. The number of nitrogens with one attached hydrogen (secondary N) is 1. The predicted octanol–water partition coefficient (Wildman–Crippen LogP) is 4.79. The van der Waals surface area contributed by atoms with E-state index in [-0.39, 0.29) is 17.0 Å². The van der Waals surface area contributed by atoms with Gasteiger partial charge in [0.15, 0.2) is 11.6 Å². The topological polar surface area (TPSA) is 51.5 Å². The van der Waals surface area contributed by atoms with E-state index in [0.717, 1.165) is 18.4 Å².